The van der Waals surface area contributed by atoms with Crippen molar-refractivity contribution in [2.24, 2.45) is 0 Å². The third-order valence-electron chi connectivity index (χ3n) is 2.06. The highest BCUT2D eigenvalue weighted by atomic mass is 16.6. The normalized spacial score (nSPS) is 12.4. The number of anilines is 1. The third kappa shape index (κ3) is 3.48. The summed E-state index contributed by atoms with van der Waals surface area (Å²) in [6.45, 7) is 2.57. The minimum atomic E-state index is -0.506. The molecule has 0 aromatic heterocycles. The Hall–Kier alpha value is -1.66. The molecule has 0 unspecified atom stereocenters. The molecule has 1 atom stereocenters. The van der Waals surface area contributed by atoms with Crippen molar-refractivity contribution in [1.82, 2.24) is 5.32 Å². The molecule has 0 saturated heterocycles. The van der Waals surface area contributed by atoms with Gasteiger partial charge in [-0.2, -0.15) is 0 Å². The number of nitro benzene ring substituents is 1. The number of nitrogens with zero attached hydrogens (tertiary/aromatic N) is 1. The van der Waals surface area contributed by atoms with Crippen LogP contribution in [0.5, 0.6) is 0 Å². The van der Waals surface area contributed by atoms with Crippen LogP contribution in [0.25, 0.3) is 0 Å². The maximum atomic E-state index is 10.6. The molecule has 0 bridgehead atoms. The van der Waals surface area contributed by atoms with E-state index in [1.54, 1.807) is 13.0 Å². The molecule has 16 heavy (non-hydrogen) atoms. The lowest BCUT2D eigenvalue weighted by Gasteiger charge is -2.07. The summed E-state index contributed by atoms with van der Waals surface area (Å²) in [5, 5.41) is 22.6. The number of hydrogen-bond acceptors (Lipinski definition) is 5. The van der Waals surface area contributed by atoms with Crippen LogP contribution in [0.2, 0.25) is 0 Å². The van der Waals surface area contributed by atoms with Gasteiger partial charge in [0.1, 0.15) is 5.69 Å². The maximum Gasteiger partial charge on any atom is 0.292 e. The van der Waals surface area contributed by atoms with Gasteiger partial charge in [-0.1, -0.05) is 6.07 Å². The van der Waals surface area contributed by atoms with E-state index in [9.17, 15) is 10.1 Å². The van der Waals surface area contributed by atoms with E-state index in [1.165, 1.54) is 12.1 Å². The Balaban J connectivity index is 2.68. The largest absolute Gasteiger partial charge is 0.393 e. The first-order valence-electron chi connectivity index (χ1n) is 4.92. The minimum absolute atomic E-state index is 0.0867. The molecule has 1 rings (SSSR count). The van der Waals surface area contributed by atoms with Gasteiger partial charge in [-0.3, -0.25) is 10.1 Å². The zero-order valence-corrected chi connectivity index (χ0v) is 9.01. The highest BCUT2D eigenvalue weighted by Crippen LogP contribution is 2.22. The number of nitrogens with two attached hydrogens (primary N) is 1. The second kappa shape index (κ2) is 5.43. The maximum absolute atomic E-state index is 10.6. The molecule has 0 aliphatic heterocycles. The average molecular weight is 225 g/mol. The Labute approximate surface area is 93.2 Å². The lowest BCUT2D eigenvalue weighted by Crippen LogP contribution is -2.23. The Morgan fingerprint density at radius 1 is 1.62 bits per heavy atom. The number of nitrogen functional groups attached to an aromatic ring is 1. The molecule has 0 saturated carbocycles. The van der Waals surface area contributed by atoms with Crippen LogP contribution >= 0.6 is 0 Å². The summed E-state index contributed by atoms with van der Waals surface area (Å²) in [5.74, 6) is 0. The standard InChI is InChI=1S/C10H15N3O3/c1-7(14)5-12-6-8-2-3-9(11)10(4-8)13(15)16/h2-4,7,12,14H,5-6,11H2,1H3/t7-/m1/s1. The first-order valence-corrected chi connectivity index (χ1v) is 4.92. The van der Waals surface area contributed by atoms with Gasteiger partial charge in [-0.05, 0) is 18.6 Å². The predicted octanol–water partition coefficient (Wildman–Crippen LogP) is 0.647. The van der Waals surface area contributed by atoms with E-state index in [0.717, 1.165) is 5.56 Å². The van der Waals surface area contributed by atoms with E-state index in [-0.39, 0.29) is 11.4 Å². The van der Waals surface area contributed by atoms with E-state index in [4.69, 9.17) is 10.8 Å². The Morgan fingerprint density at radius 2 is 2.31 bits per heavy atom. The first kappa shape index (κ1) is 12.4. The molecule has 0 fully saturated rings. The van der Waals surface area contributed by atoms with Gasteiger partial charge in [0.25, 0.3) is 5.69 Å². The van der Waals surface area contributed by atoms with E-state index >= 15 is 0 Å². The van der Waals surface area contributed by atoms with Crippen LogP contribution in [-0.2, 0) is 6.54 Å². The number of hydrogen-bond donors (Lipinski definition) is 3. The van der Waals surface area contributed by atoms with Crippen molar-refractivity contribution in [3.05, 3.63) is 33.9 Å². The molecule has 4 N–H and O–H groups in total. The highest BCUT2D eigenvalue weighted by Gasteiger charge is 2.11. The minimum Gasteiger partial charge on any atom is -0.393 e. The summed E-state index contributed by atoms with van der Waals surface area (Å²) < 4.78 is 0. The SMILES string of the molecule is C[C@@H](O)CNCc1ccc(N)c([N+](=O)[O-])c1. The van der Waals surface area contributed by atoms with Crippen molar-refractivity contribution in [1.29, 1.82) is 0 Å². The van der Waals surface area contributed by atoms with Gasteiger partial charge >= 0.3 is 0 Å². The fourth-order valence-corrected chi connectivity index (χ4v) is 1.28. The summed E-state index contributed by atoms with van der Waals surface area (Å²) in [4.78, 5) is 10.1. The second-order valence-electron chi connectivity index (χ2n) is 3.63. The van der Waals surface area contributed by atoms with E-state index < -0.39 is 11.0 Å². The predicted molar refractivity (Wildman–Crippen MR) is 60.9 cm³/mol. The fraction of sp³-hybridized carbons (Fsp3) is 0.400. The highest BCUT2D eigenvalue weighted by molar-refractivity contribution is 5.59. The molecule has 0 spiro atoms. The van der Waals surface area contributed by atoms with Gasteiger partial charge in [0.05, 0.1) is 11.0 Å². The number of aliphatic hydroxyl groups is 1. The Morgan fingerprint density at radius 3 is 2.88 bits per heavy atom. The summed E-state index contributed by atoms with van der Waals surface area (Å²) in [7, 11) is 0. The Bertz CT molecular complexity index is 380. The van der Waals surface area contributed by atoms with Crippen molar-refractivity contribution in [2.75, 3.05) is 12.3 Å². The van der Waals surface area contributed by atoms with E-state index in [0.29, 0.717) is 13.1 Å². The van der Waals surface area contributed by atoms with Crippen molar-refractivity contribution in [3.63, 3.8) is 0 Å². The molecule has 1 aromatic rings. The molecule has 0 amide bonds. The smallest absolute Gasteiger partial charge is 0.292 e. The molecule has 6 heteroatoms. The van der Waals surface area contributed by atoms with Gasteiger partial charge in [0.2, 0.25) is 0 Å². The number of benzene rings is 1. The average Bonchev–Trinajstić information content (AvgIpc) is 2.19. The summed E-state index contributed by atoms with van der Waals surface area (Å²) in [5.41, 5.74) is 6.30. The van der Waals surface area contributed by atoms with Crippen LogP contribution in [0.3, 0.4) is 0 Å². The quantitative estimate of drug-likeness (QED) is 0.388. The molecular formula is C10H15N3O3. The van der Waals surface area contributed by atoms with Crippen LogP contribution in [0, 0.1) is 10.1 Å². The second-order valence-corrected chi connectivity index (χ2v) is 3.63. The summed E-state index contributed by atoms with van der Waals surface area (Å²) in [6, 6.07) is 4.67. The molecule has 0 aliphatic carbocycles. The van der Waals surface area contributed by atoms with Crippen molar-refractivity contribution >= 4 is 11.4 Å². The van der Waals surface area contributed by atoms with Crippen LogP contribution < -0.4 is 11.1 Å². The third-order valence-corrected chi connectivity index (χ3v) is 2.06. The fourth-order valence-electron chi connectivity index (χ4n) is 1.28. The lowest BCUT2D eigenvalue weighted by molar-refractivity contribution is -0.384. The van der Waals surface area contributed by atoms with Gasteiger partial charge < -0.3 is 16.2 Å². The number of rotatable bonds is 5. The molecule has 88 valence electrons. The zero-order chi connectivity index (χ0) is 12.1. The van der Waals surface area contributed by atoms with Gasteiger partial charge in [0.15, 0.2) is 0 Å². The molecule has 0 aliphatic rings. The molecule has 0 radical (unpaired) electrons. The van der Waals surface area contributed by atoms with Crippen LogP contribution in [-0.4, -0.2) is 22.7 Å². The van der Waals surface area contributed by atoms with Crippen molar-refractivity contribution in [3.8, 4) is 0 Å². The van der Waals surface area contributed by atoms with Gasteiger partial charge in [0, 0.05) is 19.2 Å². The first-order chi connectivity index (χ1) is 7.50. The van der Waals surface area contributed by atoms with Crippen molar-refractivity contribution in [2.45, 2.75) is 19.6 Å². The molecule has 1 aromatic carbocycles. The van der Waals surface area contributed by atoms with E-state index in [1.807, 2.05) is 0 Å². The topological polar surface area (TPSA) is 101 Å². The molecule has 6 nitrogen and oxygen atoms in total. The number of aliphatic hydroxyl groups excluding tert-OH is 1. The number of nitrogens with one attached hydrogen (secondary N) is 1. The van der Waals surface area contributed by atoms with Crippen LogP contribution in [0.4, 0.5) is 11.4 Å². The summed E-state index contributed by atoms with van der Waals surface area (Å²) in [6.07, 6.45) is -0.441. The summed E-state index contributed by atoms with van der Waals surface area (Å²) >= 11 is 0. The van der Waals surface area contributed by atoms with E-state index in [2.05, 4.69) is 5.32 Å². The van der Waals surface area contributed by atoms with Crippen LogP contribution in [0.1, 0.15) is 12.5 Å². The molecule has 0 heterocycles. The number of nitro groups is 1. The van der Waals surface area contributed by atoms with Gasteiger partial charge in [-0.15, -0.1) is 0 Å². The molecular weight excluding hydrogens is 210 g/mol. The Kier molecular flexibility index (Phi) is 4.21. The monoisotopic (exact) mass is 225 g/mol. The van der Waals surface area contributed by atoms with Gasteiger partial charge in [-0.25, -0.2) is 0 Å². The van der Waals surface area contributed by atoms with Crippen molar-refractivity contribution < 1.29 is 10.0 Å². The zero-order valence-electron chi connectivity index (χ0n) is 9.01. The van der Waals surface area contributed by atoms with Crippen LogP contribution in [0.15, 0.2) is 18.2 Å². The lowest BCUT2D eigenvalue weighted by atomic mass is 10.1.